The Bertz CT molecular complexity index is 228. The molecular formula is C10H23NO2Si2. The molecule has 15 heavy (non-hydrogen) atoms. The first-order valence-corrected chi connectivity index (χ1v) is 11.7. The van der Waals surface area contributed by atoms with E-state index >= 15 is 0 Å². The number of carbonyl (C=O) groups excluding carboxylic acids is 1. The highest BCUT2D eigenvalue weighted by molar-refractivity contribution is 6.77. The van der Waals surface area contributed by atoms with Crippen molar-refractivity contribution in [2.75, 3.05) is 13.1 Å². The van der Waals surface area contributed by atoms with E-state index in [1.165, 1.54) is 0 Å². The van der Waals surface area contributed by atoms with Crippen LogP contribution in [0.25, 0.3) is 0 Å². The molecule has 5 heteroatoms. The molecule has 0 bridgehead atoms. The molecule has 0 radical (unpaired) electrons. The van der Waals surface area contributed by atoms with Crippen molar-refractivity contribution in [2.45, 2.75) is 45.1 Å². The number of rotatable bonds is 5. The Balaban J connectivity index is 2.22. The molecule has 0 saturated carbocycles. The van der Waals surface area contributed by atoms with Crippen LogP contribution in [0.1, 0.15) is 12.8 Å². The highest BCUT2D eigenvalue weighted by atomic mass is 28.4. The van der Waals surface area contributed by atoms with E-state index in [0.717, 1.165) is 32.0 Å². The van der Waals surface area contributed by atoms with Crippen LogP contribution in [0.2, 0.25) is 32.2 Å². The van der Waals surface area contributed by atoms with E-state index in [0.29, 0.717) is 5.91 Å². The minimum absolute atomic E-state index is 0.337. The molecule has 0 aromatic rings. The summed E-state index contributed by atoms with van der Waals surface area (Å²) in [6, 6.07) is 1.11. The van der Waals surface area contributed by atoms with Crippen LogP contribution in [0.4, 0.5) is 0 Å². The molecule has 0 aliphatic carbocycles. The lowest BCUT2D eigenvalue weighted by Crippen LogP contribution is -2.36. The van der Waals surface area contributed by atoms with Gasteiger partial charge in [0.15, 0.2) is 17.4 Å². The molecule has 1 aliphatic heterocycles. The normalized spacial score (nSPS) is 19.7. The molecule has 1 atom stereocenters. The summed E-state index contributed by atoms with van der Waals surface area (Å²) < 4.78 is 6.07. The lowest BCUT2D eigenvalue weighted by atomic mass is 10.4. The zero-order valence-electron chi connectivity index (χ0n) is 10.4. The smallest absolute Gasteiger partial charge is 0.222 e. The van der Waals surface area contributed by atoms with Crippen LogP contribution in [0.5, 0.6) is 0 Å². The van der Waals surface area contributed by atoms with Crippen LogP contribution < -0.4 is 0 Å². The van der Waals surface area contributed by atoms with E-state index < -0.39 is 17.4 Å². The van der Waals surface area contributed by atoms with Crippen molar-refractivity contribution in [3.63, 3.8) is 0 Å². The van der Waals surface area contributed by atoms with Gasteiger partial charge in [-0.15, -0.1) is 0 Å². The zero-order valence-corrected chi connectivity index (χ0v) is 12.5. The van der Waals surface area contributed by atoms with E-state index in [2.05, 4.69) is 26.2 Å². The Morgan fingerprint density at radius 2 is 2.13 bits per heavy atom. The molecule has 1 unspecified atom stereocenters. The summed E-state index contributed by atoms with van der Waals surface area (Å²) >= 11 is 0. The number of amides is 1. The second-order valence-corrected chi connectivity index (χ2v) is 12.7. The number of hydrogen-bond donors (Lipinski definition) is 0. The van der Waals surface area contributed by atoms with Gasteiger partial charge in [0.25, 0.3) is 0 Å². The molecule has 1 rings (SSSR count). The van der Waals surface area contributed by atoms with Crippen LogP contribution in [0.3, 0.4) is 0 Å². The van der Waals surface area contributed by atoms with Gasteiger partial charge in [-0.2, -0.15) is 0 Å². The van der Waals surface area contributed by atoms with Gasteiger partial charge in [-0.25, -0.2) is 0 Å². The van der Waals surface area contributed by atoms with Gasteiger partial charge in [0.2, 0.25) is 5.91 Å². The Labute approximate surface area is 95.7 Å². The van der Waals surface area contributed by atoms with Gasteiger partial charge < -0.3 is 9.02 Å². The predicted octanol–water partition coefficient (Wildman–Crippen LogP) is 1.81. The summed E-state index contributed by atoms with van der Waals surface area (Å²) in [6.45, 7) is 10.8. The maximum absolute atomic E-state index is 11.4. The Morgan fingerprint density at radius 3 is 2.60 bits per heavy atom. The van der Waals surface area contributed by atoms with Crippen LogP contribution in [0.15, 0.2) is 0 Å². The van der Waals surface area contributed by atoms with Crippen molar-refractivity contribution >= 4 is 23.3 Å². The summed E-state index contributed by atoms with van der Waals surface area (Å²) in [4.78, 5) is 13.4. The van der Waals surface area contributed by atoms with Crippen molar-refractivity contribution in [3.05, 3.63) is 0 Å². The first-order valence-electron chi connectivity index (χ1n) is 5.84. The highest BCUT2D eigenvalue weighted by Gasteiger charge is 2.23. The molecule has 1 saturated heterocycles. The van der Waals surface area contributed by atoms with Gasteiger partial charge in [0.05, 0.1) is 0 Å². The van der Waals surface area contributed by atoms with Crippen molar-refractivity contribution < 1.29 is 8.91 Å². The molecule has 1 heterocycles. The first-order chi connectivity index (χ1) is 6.88. The lowest BCUT2D eigenvalue weighted by Gasteiger charge is -2.24. The van der Waals surface area contributed by atoms with Gasteiger partial charge in [-0.1, -0.05) is 0 Å². The summed E-state index contributed by atoms with van der Waals surface area (Å²) in [5, 5.41) is 0. The molecule has 1 amide bonds. The number of carbonyl (C=O) groups is 1. The van der Waals surface area contributed by atoms with Crippen LogP contribution in [-0.2, 0) is 8.91 Å². The summed E-state index contributed by atoms with van der Waals surface area (Å²) in [6.07, 6.45) is 1.80. The quantitative estimate of drug-likeness (QED) is 0.692. The Kier molecular flexibility index (Phi) is 4.54. The largest absolute Gasteiger partial charge is 0.458 e. The fraction of sp³-hybridized carbons (Fsp3) is 0.900. The second kappa shape index (κ2) is 5.27. The maximum atomic E-state index is 11.4. The van der Waals surface area contributed by atoms with Gasteiger partial charge in [0, 0.05) is 19.5 Å². The Morgan fingerprint density at radius 1 is 1.47 bits per heavy atom. The number of nitrogens with zero attached hydrogens (tertiary/aromatic N) is 1. The summed E-state index contributed by atoms with van der Waals surface area (Å²) in [5.41, 5.74) is 0. The third kappa shape index (κ3) is 4.95. The topological polar surface area (TPSA) is 29.5 Å². The van der Waals surface area contributed by atoms with Crippen LogP contribution in [0, 0.1) is 0 Å². The monoisotopic (exact) mass is 245 g/mol. The molecule has 0 aromatic carbocycles. The standard InChI is InChI=1S/C10H23NO2Si2/c1-14(13-15(2,3)4)9-8-11-7-5-6-10(11)12/h14H,5-9H2,1-4H3. The first kappa shape index (κ1) is 12.9. The second-order valence-electron chi connectivity index (χ2n) is 5.31. The van der Waals surface area contributed by atoms with Crippen LogP contribution >= 0.6 is 0 Å². The van der Waals surface area contributed by atoms with Crippen molar-refractivity contribution in [3.8, 4) is 0 Å². The highest BCUT2D eigenvalue weighted by Crippen LogP contribution is 2.13. The molecule has 0 N–H and O–H groups in total. The zero-order chi connectivity index (χ0) is 11.5. The van der Waals surface area contributed by atoms with E-state index in [1.54, 1.807) is 0 Å². The van der Waals surface area contributed by atoms with Crippen molar-refractivity contribution in [2.24, 2.45) is 0 Å². The minimum atomic E-state index is -1.36. The fourth-order valence-electron chi connectivity index (χ4n) is 1.94. The lowest BCUT2D eigenvalue weighted by molar-refractivity contribution is -0.127. The average molecular weight is 245 g/mol. The average Bonchev–Trinajstić information content (AvgIpc) is 2.44. The Hall–Kier alpha value is -0.136. The van der Waals surface area contributed by atoms with E-state index in [1.807, 2.05) is 4.90 Å². The fourth-order valence-corrected chi connectivity index (χ4v) is 7.92. The van der Waals surface area contributed by atoms with Gasteiger partial charge in [-0.3, -0.25) is 4.79 Å². The molecular weight excluding hydrogens is 222 g/mol. The van der Waals surface area contributed by atoms with Crippen molar-refractivity contribution in [1.82, 2.24) is 4.90 Å². The minimum Gasteiger partial charge on any atom is -0.458 e. The van der Waals surface area contributed by atoms with Gasteiger partial charge in [0.1, 0.15) is 0 Å². The van der Waals surface area contributed by atoms with Gasteiger partial charge in [-0.05, 0) is 38.7 Å². The third-order valence-corrected chi connectivity index (χ3v) is 8.04. The van der Waals surface area contributed by atoms with Crippen molar-refractivity contribution in [1.29, 1.82) is 0 Å². The predicted molar refractivity (Wildman–Crippen MR) is 68.1 cm³/mol. The molecule has 0 aromatic heterocycles. The molecule has 88 valence electrons. The number of likely N-dealkylation sites (tertiary alicyclic amines) is 1. The van der Waals surface area contributed by atoms with E-state index in [4.69, 9.17) is 4.12 Å². The molecule has 1 aliphatic rings. The molecule has 1 fully saturated rings. The molecule has 0 spiro atoms. The molecule has 3 nitrogen and oxygen atoms in total. The SMILES string of the molecule is C[SiH](CCN1CCCC1=O)O[Si](C)(C)C. The summed E-state index contributed by atoms with van der Waals surface area (Å²) in [5.74, 6) is 0.337. The maximum Gasteiger partial charge on any atom is 0.222 e. The van der Waals surface area contributed by atoms with Crippen LogP contribution in [-0.4, -0.2) is 41.3 Å². The summed E-state index contributed by atoms with van der Waals surface area (Å²) in [7, 11) is -2.40. The van der Waals surface area contributed by atoms with Gasteiger partial charge >= 0.3 is 0 Å². The van der Waals surface area contributed by atoms with E-state index in [-0.39, 0.29) is 0 Å². The third-order valence-electron chi connectivity index (χ3n) is 2.53. The number of hydrogen-bond acceptors (Lipinski definition) is 2. The van der Waals surface area contributed by atoms with E-state index in [9.17, 15) is 4.79 Å².